The molecule has 1 aromatic heterocycles. The van der Waals surface area contributed by atoms with Crippen molar-refractivity contribution in [2.75, 3.05) is 11.1 Å². The molecule has 2 atom stereocenters. The minimum absolute atomic E-state index is 0.354. The van der Waals surface area contributed by atoms with Gasteiger partial charge >= 0.3 is 0 Å². The lowest BCUT2D eigenvalue weighted by atomic mass is 9.86. The Balaban J connectivity index is 2.19. The summed E-state index contributed by atoms with van der Waals surface area (Å²) in [7, 11) is 0. The first-order chi connectivity index (χ1) is 8.61. The van der Waals surface area contributed by atoms with Gasteiger partial charge in [-0.15, -0.1) is 0 Å². The molecule has 2 unspecified atom stereocenters. The van der Waals surface area contributed by atoms with Crippen molar-refractivity contribution in [3.63, 3.8) is 0 Å². The summed E-state index contributed by atoms with van der Waals surface area (Å²) in [6.45, 7) is 4.28. The summed E-state index contributed by atoms with van der Waals surface area (Å²) in [5.41, 5.74) is 6.41. The standard InChI is InChI=1S/C13H21ClN4/c1-3-10-17-12(14)11(15)13(18-10)16-9-7-5-4-6-8(9)2/h8-9H,3-7,15H2,1-2H3,(H,16,17,18). The minimum Gasteiger partial charge on any atom is -0.393 e. The Morgan fingerprint density at radius 2 is 2.06 bits per heavy atom. The van der Waals surface area contributed by atoms with Gasteiger partial charge in [-0.1, -0.05) is 38.3 Å². The van der Waals surface area contributed by atoms with Gasteiger partial charge in [0.15, 0.2) is 11.0 Å². The van der Waals surface area contributed by atoms with Gasteiger partial charge in [-0.05, 0) is 18.8 Å². The van der Waals surface area contributed by atoms with Crippen LogP contribution in [-0.2, 0) is 6.42 Å². The molecule has 2 rings (SSSR count). The Bertz CT molecular complexity index is 422. The molecule has 0 amide bonds. The van der Waals surface area contributed by atoms with Gasteiger partial charge in [0.2, 0.25) is 0 Å². The van der Waals surface area contributed by atoms with Crippen LogP contribution in [0.4, 0.5) is 11.5 Å². The van der Waals surface area contributed by atoms with E-state index in [9.17, 15) is 0 Å². The third kappa shape index (κ3) is 2.86. The number of nitrogens with two attached hydrogens (primary N) is 1. The first-order valence-corrected chi connectivity index (χ1v) is 7.08. The van der Waals surface area contributed by atoms with Gasteiger partial charge < -0.3 is 11.1 Å². The molecule has 1 aliphatic carbocycles. The van der Waals surface area contributed by atoms with E-state index in [1.807, 2.05) is 6.92 Å². The molecule has 1 aliphatic rings. The van der Waals surface area contributed by atoms with Gasteiger partial charge in [0.1, 0.15) is 11.5 Å². The molecule has 1 saturated carbocycles. The molecule has 1 fully saturated rings. The molecule has 0 spiro atoms. The topological polar surface area (TPSA) is 63.8 Å². The van der Waals surface area contributed by atoms with Gasteiger partial charge in [-0.25, -0.2) is 9.97 Å². The van der Waals surface area contributed by atoms with Crippen molar-refractivity contribution in [2.45, 2.75) is 52.0 Å². The highest BCUT2D eigenvalue weighted by Gasteiger charge is 2.22. The van der Waals surface area contributed by atoms with E-state index in [4.69, 9.17) is 17.3 Å². The Kier molecular flexibility index (Phi) is 4.27. The maximum Gasteiger partial charge on any atom is 0.157 e. The molecule has 3 N–H and O–H groups in total. The van der Waals surface area contributed by atoms with Crippen molar-refractivity contribution >= 4 is 23.1 Å². The van der Waals surface area contributed by atoms with Crippen molar-refractivity contribution in [1.82, 2.24) is 9.97 Å². The van der Waals surface area contributed by atoms with Crippen LogP contribution < -0.4 is 11.1 Å². The van der Waals surface area contributed by atoms with Crippen LogP contribution in [0.3, 0.4) is 0 Å². The van der Waals surface area contributed by atoms with Gasteiger partial charge in [0.25, 0.3) is 0 Å². The lowest BCUT2D eigenvalue weighted by molar-refractivity contribution is 0.349. The SMILES string of the molecule is CCc1nc(Cl)c(N)c(NC2CCCCC2C)n1. The van der Waals surface area contributed by atoms with Gasteiger partial charge in [0, 0.05) is 12.5 Å². The van der Waals surface area contributed by atoms with Crippen LogP contribution in [0, 0.1) is 5.92 Å². The second kappa shape index (κ2) is 5.74. The van der Waals surface area contributed by atoms with Crippen LogP contribution in [0.1, 0.15) is 45.4 Å². The zero-order valence-corrected chi connectivity index (χ0v) is 11.8. The average molecular weight is 269 g/mol. The van der Waals surface area contributed by atoms with Crippen LogP contribution in [0.15, 0.2) is 0 Å². The summed E-state index contributed by atoms with van der Waals surface area (Å²) >= 11 is 6.04. The summed E-state index contributed by atoms with van der Waals surface area (Å²) in [4.78, 5) is 8.60. The molecule has 4 nitrogen and oxygen atoms in total. The van der Waals surface area contributed by atoms with Gasteiger partial charge in [-0.3, -0.25) is 0 Å². The van der Waals surface area contributed by atoms with E-state index in [-0.39, 0.29) is 0 Å². The maximum absolute atomic E-state index is 6.04. The number of hydrogen-bond acceptors (Lipinski definition) is 4. The molecule has 18 heavy (non-hydrogen) atoms. The summed E-state index contributed by atoms with van der Waals surface area (Å²) in [6.07, 6.45) is 5.77. The van der Waals surface area contributed by atoms with Crippen LogP contribution in [0.5, 0.6) is 0 Å². The Labute approximate surface area is 113 Å². The van der Waals surface area contributed by atoms with Crippen LogP contribution in [0.25, 0.3) is 0 Å². The van der Waals surface area contributed by atoms with Crippen molar-refractivity contribution < 1.29 is 0 Å². The molecule has 0 bridgehead atoms. The summed E-state index contributed by atoms with van der Waals surface area (Å²) in [5.74, 6) is 2.09. The third-order valence-corrected chi connectivity index (χ3v) is 3.98. The number of anilines is 2. The van der Waals surface area contributed by atoms with Crippen LogP contribution >= 0.6 is 11.6 Å². The lowest BCUT2D eigenvalue weighted by Crippen LogP contribution is -2.31. The number of hydrogen-bond donors (Lipinski definition) is 2. The highest BCUT2D eigenvalue weighted by atomic mass is 35.5. The predicted molar refractivity (Wildman–Crippen MR) is 75.9 cm³/mol. The molecule has 0 aromatic carbocycles. The van der Waals surface area contributed by atoms with Crippen molar-refractivity contribution in [3.8, 4) is 0 Å². The quantitative estimate of drug-likeness (QED) is 0.826. The molecule has 0 aliphatic heterocycles. The molecule has 0 radical (unpaired) electrons. The van der Waals surface area contributed by atoms with E-state index >= 15 is 0 Å². The fraction of sp³-hybridized carbons (Fsp3) is 0.692. The van der Waals surface area contributed by atoms with E-state index in [1.54, 1.807) is 0 Å². The first kappa shape index (κ1) is 13.4. The fourth-order valence-electron chi connectivity index (χ4n) is 2.46. The molecule has 0 saturated heterocycles. The molecule has 1 heterocycles. The lowest BCUT2D eigenvalue weighted by Gasteiger charge is -2.30. The number of nitrogens with one attached hydrogen (secondary N) is 1. The smallest absolute Gasteiger partial charge is 0.157 e. The van der Waals surface area contributed by atoms with Gasteiger partial charge in [0.05, 0.1) is 0 Å². The Morgan fingerprint density at radius 1 is 1.33 bits per heavy atom. The zero-order valence-electron chi connectivity index (χ0n) is 11.0. The maximum atomic E-state index is 6.04. The van der Waals surface area contributed by atoms with Gasteiger partial charge in [-0.2, -0.15) is 0 Å². The van der Waals surface area contributed by atoms with Crippen molar-refractivity contribution in [2.24, 2.45) is 5.92 Å². The first-order valence-electron chi connectivity index (χ1n) is 6.70. The number of aryl methyl sites for hydroxylation is 1. The highest BCUT2D eigenvalue weighted by molar-refractivity contribution is 6.32. The van der Waals surface area contributed by atoms with Crippen LogP contribution in [-0.4, -0.2) is 16.0 Å². The third-order valence-electron chi connectivity index (χ3n) is 3.70. The second-order valence-electron chi connectivity index (χ2n) is 5.06. The summed E-state index contributed by atoms with van der Waals surface area (Å²) < 4.78 is 0. The second-order valence-corrected chi connectivity index (χ2v) is 5.42. The van der Waals surface area contributed by atoms with E-state index in [0.29, 0.717) is 28.6 Å². The molecule has 1 aromatic rings. The summed E-state index contributed by atoms with van der Waals surface area (Å²) in [5, 5.41) is 3.81. The number of rotatable bonds is 3. The largest absolute Gasteiger partial charge is 0.393 e. The number of nitrogens with zero attached hydrogens (tertiary/aromatic N) is 2. The molecule has 100 valence electrons. The van der Waals surface area contributed by atoms with E-state index < -0.39 is 0 Å². The summed E-state index contributed by atoms with van der Waals surface area (Å²) in [6, 6.07) is 0.441. The molecular formula is C13H21ClN4. The molecular weight excluding hydrogens is 248 g/mol. The Morgan fingerprint density at radius 3 is 2.72 bits per heavy atom. The number of aromatic nitrogens is 2. The highest BCUT2D eigenvalue weighted by Crippen LogP contribution is 2.30. The van der Waals surface area contributed by atoms with E-state index in [0.717, 1.165) is 12.2 Å². The monoisotopic (exact) mass is 268 g/mol. The predicted octanol–water partition coefficient (Wildman–Crippen LogP) is 3.27. The molecule has 5 heteroatoms. The van der Waals surface area contributed by atoms with Crippen molar-refractivity contribution in [3.05, 3.63) is 11.0 Å². The normalized spacial score (nSPS) is 23.9. The average Bonchev–Trinajstić information content (AvgIpc) is 2.37. The van der Waals surface area contributed by atoms with E-state index in [1.165, 1.54) is 25.7 Å². The number of nitrogen functional groups attached to an aromatic ring is 1. The van der Waals surface area contributed by atoms with E-state index in [2.05, 4.69) is 22.2 Å². The van der Waals surface area contributed by atoms with Crippen LogP contribution in [0.2, 0.25) is 5.15 Å². The zero-order chi connectivity index (χ0) is 13.1. The minimum atomic E-state index is 0.354. The Hall–Kier alpha value is -1.03. The van der Waals surface area contributed by atoms with Crippen molar-refractivity contribution in [1.29, 1.82) is 0 Å². The fourth-order valence-corrected chi connectivity index (χ4v) is 2.65. The number of halogens is 1.